The third-order valence-electron chi connectivity index (χ3n) is 4.97. The van der Waals surface area contributed by atoms with Gasteiger partial charge in [-0.05, 0) is 35.4 Å². The average molecular weight is 405 g/mol. The number of carbonyl (C=O) groups excluding carboxylic acids is 1. The summed E-state index contributed by atoms with van der Waals surface area (Å²) < 4.78 is 10.7. The fourth-order valence-electron chi connectivity index (χ4n) is 3.19. The molecule has 0 saturated heterocycles. The van der Waals surface area contributed by atoms with Crippen molar-refractivity contribution in [1.82, 2.24) is 4.90 Å². The molecule has 3 aromatic carbocycles. The van der Waals surface area contributed by atoms with Crippen molar-refractivity contribution in [2.24, 2.45) is 0 Å². The maximum absolute atomic E-state index is 12.5. The number of hydrogen-bond donors (Lipinski definition) is 1. The molecule has 0 fully saturated rings. The van der Waals surface area contributed by atoms with Gasteiger partial charge in [0, 0.05) is 37.5 Å². The van der Waals surface area contributed by atoms with E-state index in [0.29, 0.717) is 19.5 Å². The third kappa shape index (κ3) is 5.77. The predicted molar refractivity (Wildman–Crippen MR) is 120 cm³/mol. The Labute approximate surface area is 178 Å². The van der Waals surface area contributed by atoms with Crippen LogP contribution in [-0.2, 0) is 24.3 Å². The van der Waals surface area contributed by atoms with Crippen LogP contribution < -0.4 is 14.8 Å². The first-order valence-electron chi connectivity index (χ1n) is 9.90. The quantitative estimate of drug-likeness (QED) is 0.570. The molecule has 1 amide bonds. The van der Waals surface area contributed by atoms with Gasteiger partial charge in [-0.25, -0.2) is 0 Å². The molecule has 0 radical (unpaired) electrons. The lowest BCUT2D eigenvalue weighted by atomic mass is 10.1. The van der Waals surface area contributed by atoms with E-state index in [4.69, 9.17) is 9.47 Å². The van der Waals surface area contributed by atoms with Crippen LogP contribution >= 0.6 is 0 Å². The lowest BCUT2D eigenvalue weighted by molar-refractivity contribution is -0.129. The summed E-state index contributed by atoms with van der Waals surface area (Å²) in [5, 5.41) is 3.39. The highest BCUT2D eigenvalue weighted by Crippen LogP contribution is 2.25. The van der Waals surface area contributed by atoms with E-state index in [2.05, 4.69) is 5.32 Å². The topological polar surface area (TPSA) is 50.8 Å². The largest absolute Gasteiger partial charge is 0.497 e. The number of nitrogens with zero attached hydrogens (tertiary/aromatic N) is 1. The van der Waals surface area contributed by atoms with Crippen LogP contribution in [0.4, 0.5) is 5.69 Å². The summed E-state index contributed by atoms with van der Waals surface area (Å²) in [6.45, 7) is 1.24. The standard InChI is InChI=1S/C25H28N2O3/c1-27(18-20-7-5-4-6-8-20)25(28)15-19-9-12-22(13-10-19)26-17-21-11-14-23(29-2)16-24(21)30-3/h4-14,16,26H,15,17-18H2,1-3H3. The van der Waals surface area contributed by atoms with E-state index in [0.717, 1.165) is 33.9 Å². The number of carbonyl (C=O) groups is 1. The normalized spacial score (nSPS) is 10.4. The van der Waals surface area contributed by atoms with E-state index >= 15 is 0 Å². The number of likely N-dealkylation sites (N-methyl/N-ethyl adjacent to an activating group) is 1. The highest BCUT2D eigenvalue weighted by molar-refractivity contribution is 5.78. The fraction of sp³-hybridized carbons (Fsp3) is 0.240. The molecule has 5 heteroatoms. The van der Waals surface area contributed by atoms with Crippen molar-refractivity contribution in [3.8, 4) is 11.5 Å². The Morgan fingerprint density at radius 1 is 0.900 bits per heavy atom. The van der Waals surface area contributed by atoms with Crippen LogP contribution in [0.3, 0.4) is 0 Å². The average Bonchev–Trinajstić information content (AvgIpc) is 2.79. The highest BCUT2D eigenvalue weighted by atomic mass is 16.5. The summed E-state index contributed by atoms with van der Waals surface area (Å²) in [5.41, 5.74) is 4.15. The Morgan fingerprint density at radius 2 is 1.63 bits per heavy atom. The molecule has 0 aliphatic rings. The van der Waals surface area contributed by atoms with Gasteiger partial charge < -0.3 is 19.7 Å². The molecule has 0 aliphatic heterocycles. The lowest BCUT2D eigenvalue weighted by Crippen LogP contribution is -2.27. The highest BCUT2D eigenvalue weighted by Gasteiger charge is 2.10. The van der Waals surface area contributed by atoms with Crippen LogP contribution in [0.25, 0.3) is 0 Å². The Balaban J connectivity index is 1.54. The van der Waals surface area contributed by atoms with Crippen molar-refractivity contribution in [2.75, 3.05) is 26.6 Å². The monoisotopic (exact) mass is 404 g/mol. The molecule has 1 N–H and O–H groups in total. The number of nitrogens with one attached hydrogen (secondary N) is 1. The summed E-state index contributed by atoms with van der Waals surface area (Å²) in [5.74, 6) is 1.65. The van der Waals surface area contributed by atoms with Crippen LogP contribution in [0, 0.1) is 0 Å². The number of ether oxygens (including phenoxy) is 2. The van der Waals surface area contributed by atoms with E-state index in [9.17, 15) is 4.79 Å². The minimum Gasteiger partial charge on any atom is -0.497 e. The van der Waals surface area contributed by atoms with Crippen LogP contribution in [-0.4, -0.2) is 32.1 Å². The van der Waals surface area contributed by atoms with Crippen molar-refractivity contribution in [3.63, 3.8) is 0 Å². The van der Waals surface area contributed by atoms with Crippen molar-refractivity contribution in [1.29, 1.82) is 0 Å². The Kier molecular flexibility index (Phi) is 7.33. The van der Waals surface area contributed by atoms with E-state index in [1.807, 2.05) is 79.8 Å². The zero-order valence-electron chi connectivity index (χ0n) is 17.7. The first kappa shape index (κ1) is 21.2. The minimum atomic E-state index is 0.0996. The first-order valence-corrected chi connectivity index (χ1v) is 9.90. The third-order valence-corrected chi connectivity index (χ3v) is 4.97. The minimum absolute atomic E-state index is 0.0996. The van der Waals surface area contributed by atoms with Crippen LogP contribution in [0.1, 0.15) is 16.7 Å². The number of benzene rings is 3. The molecular weight excluding hydrogens is 376 g/mol. The second-order valence-corrected chi connectivity index (χ2v) is 7.14. The molecule has 0 heterocycles. The predicted octanol–water partition coefficient (Wildman–Crippen LogP) is 4.52. The summed E-state index contributed by atoms with van der Waals surface area (Å²) in [7, 11) is 5.13. The van der Waals surface area contributed by atoms with Crippen LogP contribution in [0.15, 0.2) is 72.8 Å². The number of anilines is 1. The molecule has 0 saturated carbocycles. The summed E-state index contributed by atoms with van der Waals surface area (Å²) >= 11 is 0. The van der Waals surface area contributed by atoms with Crippen LogP contribution in [0.5, 0.6) is 11.5 Å². The van der Waals surface area contributed by atoms with Gasteiger partial charge >= 0.3 is 0 Å². The Morgan fingerprint density at radius 3 is 2.30 bits per heavy atom. The Bertz CT molecular complexity index is 956. The molecular formula is C25H28N2O3. The van der Waals surface area contributed by atoms with Crippen molar-refractivity contribution in [3.05, 3.63) is 89.5 Å². The van der Waals surface area contributed by atoms with E-state index < -0.39 is 0 Å². The van der Waals surface area contributed by atoms with E-state index in [1.165, 1.54) is 0 Å². The molecule has 5 nitrogen and oxygen atoms in total. The molecule has 3 aromatic rings. The zero-order chi connectivity index (χ0) is 21.3. The lowest BCUT2D eigenvalue weighted by Gasteiger charge is -2.17. The van der Waals surface area contributed by atoms with Crippen molar-refractivity contribution >= 4 is 11.6 Å². The molecule has 0 aliphatic carbocycles. The fourth-order valence-corrected chi connectivity index (χ4v) is 3.19. The molecule has 0 bridgehead atoms. The van der Waals surface area contributed by atoms with Gasteiger partial charge in [0.15, 0.2) is 0 Å². The number of amides is 1. The molecule has 3 rings (SSSR count). The van der Waals surface area contributed by atoms with Crippen molar-refractivity contribution < 1.29 is 14.3 Å². The number of methoxy groups -OCH3 is 2. The van der Waals surface area contributed by atoms with E-state index in [-0.39, 0.29) is 5.91 Å². The van der Waals surface area contributed by atoms with Crippen LogP contribution in [0.2, 0.25) is 0 Å². The van der Waals surface area contributed by atoms with Gasteiger partial charge in [-0.3, -0.25) is 4.79 Å². The summed E-state index contributed by atoms with van der Waals surface area (Å²) in [6.07, 6.45) is 0.385. The van der Waals surface area contributed by atoms with Gasteiger partial charge in [0.05, 0.1) is 20.6 Å². The van der Waals surface area contributed by atoms with Gasteiger partial charge in [-0.2, -0.15) is 0 Å². The van der Waals surface area contributed by atoms with Gasteiger partial charge in [-0.1, -0.05) is 42.5 Å². The first-order chi connectivity index (χ1) is 14.6. The van der Waals surface area contributed by atoms with Gasteiger partial charge in [0.1, 0.15) is 11.5 Å². The summed E-state index contributed by atoms with van der Waals surface area (Å²) in [4.78, 5) is 14.3. The molecule has 0 aromatic heterocycles. The van der Waals surface area contributed by atoms with Gasteiger partial charge in [0.25, 0.3) is 0 Å². The van der Waals surface area contributed by atoms with E-state index in [1.54, 1.807) is 19.1 Å². The smallest absolute Gasteiger partial charge is 0.227 e. The molecule has 0 unspecified atom stereocenters. The molecule has 156 valence electrons. The molecule has 30 heavy (non-hydrogen) atoms. The van der Waals surface area contributed by atoms with Crippen molar-refractivity contribution in [2.45, 2.75) is 19.5 Å². The second-order valence-electron chi connectivity index (χ2n) is 7.14. The molecule has 0 spiro atoms. The second kappa shape index (κ2) is 10.3. The number of hydrogen-bond acceptors (Lipinski definition) is 4. The summed E-state index contributed by atoms with van der Waals surface area (Å²) in [6, 6.07) is 23.8. The maximum atomic E-state index is 12.5. The maximum Gasteiger partial charge on any atom is 0.227 e. The van der Waals surface area contributed by atoms with Gasteiger partial charge in [-0.15, -0.1) is 0 Å². The van der Waals surface area contributed by atoms with Gasteiger partial charge in [0.2, 0.25) is 5.91 Å². The molecule has 0 atom stereocenters. The Hall–Kier alpha value is -3.47. The SMILES string of the molecule is COc1ccc(CNc2ccc(CC(=O)N(C)Cc3ccccc3)cc2)c(OC)c1. The number of rotatable bonds is 9. The zero-order valence-corrected chi connectivity index (χ0v) is 17.7.